The maximum Gasteiger partial charge on any atom is 0.242 e. The van der Waals surface area contributed by atoms with Gasteiger partial charge in [0.2, 0.25) is 21.8 Å². The van der Waals surface area contributed by atoms with Crippen molar-refractivity contribution in [1.82, 2.24) is 10.2 Å². The first-order valence-corrected chi connectivity index (χ1v) is 14.6. The maximum atomic E-state index is 13.4. The summed E-state index contributed by atoms with van der Waals surface area (Å²) in [6, 6.07) is 14.7. The Hall–Kier alpha value is -2.87. The molecule has 0 spiro atoms. The Labute approximate surface area is 216 Å². The van der Waals surface area contributed by atoms with Crippen molar-refractivity contribution in [3.8, 4) is 0 Å². The van der Waals surface area contributed by atoms with E-state index in [4.69, 9.17) is 0 Å². The van der Waals surface area contributed by atoms with Crippen molar-refractivity contribution in [2.24, 2.45) is 0 Å². The van der Waals surface area contributed by atoms with E-state index in [0.29, 0.717) is 31.6 Å². The lowest BCUT2D eigenvalue weighted by molar-refractivity contribution is -0.141. The number of hydrogen-bond donors (Lipinski definition) is 1. The summed E-state index contributed by atoms with van der Waals surface area (Å²) >= 11 is 0. The third kappa shape index (κ3) is 8.97. The molecule has 8 heteroatoms. The van der Waals surface area contributed by atoms with Crippen LogP contribution in [0.25, 0.3) is 0 Å². The molecule has 36 heavy (non-hydrogen) atoms. The molecule has 2 rings (SSSR count). The summed E-state index contributed by atoms with van der Waals surface area (Å²) in [4.78, 5) is 28.0. The zero-order chi connectivity index (χ0) is 26.7. The van der Waals surface area contributed by atoms with Gasteiger partial charge in [0.1, 0.15) is 6.04 Å². The van der Waals surface area contributed by atoms with Gasteiger partial charge in [0.05, 0.1) is 11.9 Å². The van der Waals surface area contributed by atoms with Gasteiger partial charge in [0, 0.05) is 26.1 Å². The van der Waals surface area contributed by atoms with Crippen molar-refractivity contribution < 1.29 is 18.0 Å². The highest BCUT2D eigenvalue weighted by atomic mass is 32.2. The second-order valence-electron chi connectivity index (χ2n) is 9.36. The number of rotatable bonds is 14. The fraction of sp³-hybridized carbons (Fsp3) is 0.500. The summed E-state index contributed by atoms with van der Waals surface area (Å²) in [5.74, 6) is -0.312. The normalized spacial score (nSPS) is 12.1. The van der Waals surface area contributed by atoms with Gasteiger partial charge in [-0.3, -0.25) is 13.9 Å². The van der Waals surface area contributed by atoms with Gasteiger partial charge in [-0.05, 0) is 61.9 Å². The van der Waals surface area contributed by atoms with Crippen molar-refractivity contribution in [2.45, 2.75) is 72.4 Å². The molecular formula is C28H41N3O4S. The van der Waals surface area contributed by atoms with Crippen LogP contribution in [0, 0.1) is 13.8 Å². The first kappa shape index (κ1) is 29.4. The number of amides is 2. The lowest BCUT2D eigenvalue weighted by Gasteiger charge is -2.31. The fourth-order valence-electron chi connectivity index (χ4n) is 4.30. The molecule has 2 aromatic rings. The van der Waals surface area contributed by atoms with E-state index in [9.17, 15) is 18.0 Å². The van der Waals surface area contributed by atoms with Crippen LogP contribution in [0.4, 0.5) is 5.69 Å². The molecule has 1 unspecified atom stereocenters. The number of anilines is 1. The molecule has 0 aliphatic heterocycles. The highest BCUT2D eigenvalue weighted by Gasteiger charge is 2.28. The number of nitrogens with zero attached hydrogens (tertiary/aromatic N) is 2. The van der Waals surface area contributed by atoms with Crippen molar-refractivity contribution >= 4 is 27.5 Å². The summed E-state index contributed by atoms with van der Waals surface area (Å²) in [5, 5.41) is 2.96. The van der Waals surface area contributed by atoms with Crippen LogP contribution in [0.1, 0.15) is 62.6 Å². The van der Waals surface area contributed by atoms with E-state index in [-0.39, 0.29) is 24.8 Å². The van der Waals surface area contributed by atoms with Crippen LogP contribution in [0.15, 0.2) is 48.5 Å². The van der Waals surface area contributed by atoms with Crippen LogP contribution in [-0.2, 0) is 26.2 Å². The molecule has 0 saturated heterocycles. The summed E-state index contributed by atoms with van der Waals surface area (Å²) in [6.07, 6.45) is 4.02. The van der Waals surface area contributed by atoms with E-state index in [1.807, 2.05) is 69.3 Å². The fourth-order valence-corrected chi connectivity index (χ4v) is 5.25. The van der Waals surface area contributed by atoms with Gasteiger partial charge in [-0.25, -0.2) is 8.42 Å². The second-order valence-corrected chi connectivity index (χ2v) is 11.3. The van der Waals surface area contributed by atoms with Gasteiger partial charge in [-0.15, -0.1) is 0 Å². The first-order chi connectivity index (χ1) is 17.1. The quantitative estimate of drug-likeness (QED) is 0.373. The topological polar surface area (TPSA) is 86.8 Å². The van der Waals surface area contributed by atoms with Gasteiger partial charge < -0.3 is 10.2 Å². The zero-order valence-electron chi connectivity index (χ0n) is 22.3. The molecule has 198 valence electrons. The molecule has 1 atom stereocenters. The number of benzene rings is 2. The van der Waals surface area contributed by atoms with Crippen molar-refractivity contribution in [1.29, 1.82) is 0 Å². The zero-order valence-corrected chi connectivity index (χ0v) is 23.1. The average molecular weight is 516 g/mol. The SMILES string of the molecule is CCCCNC(=O)C(CC)N(Cc1ccccc1)C(=O)CCCN(c1cc(C)cc(C)c1)S(C)(=O)=O. The smallest absolute Gasteiger partial charge is 0.242 e. The van der Waals surface area contributed by atoms with Crippen LogP contribution in [0.2, 0.25) is 0 Å². The Morgan fingerprint density at radius 2 is 1.61 bits per heavy atom. The highest BCUT2D eigenvalue weighted by molar-refractivity contribution is 7.92. The Bertz CT molecular complexity index is 1080. The maximum absolute atomic E-state index is 13.4. The number of unbranched alkanes of at least 4 members (excludes halogenated alkanes) is 1. The van der Waals surface area contributed by atoms with Crippen LogP contribution >= 0.6 is 0 Å². The lowest BCUT2D eigenvalue weighted by atomic mass is 10.1. The van der Waals surface area contributed by atoms with Crippen LogP contribution in [0.5, 0.6) is 0 Å². The minimum absolute atomic E-state index is 0.141. The molecule has 7 nitrogen and oxygen atoms in total. The predicted octanol–water partition coefficient (Wildman–Crippen LogP) is 4.57. The molecule has 0 aliphatic rings. The van der Waals surface area contributed by atoms with Gasteiger partial charge in [-0.1, -0.05) is 56.7 Å². The minimum atomic E-state index is -3.52. The molecule has 0 saturated carbocycles. The second kappa shape index (κ2) is 14.0. The standard InChI is InChI=1S/C28H41N3O4S/c1-6-8-16-29-28(33)26(7-2)30(21-24-13-10-9-11-14-24)27(32)15-12-17-31(36(5,34)35)25-19-22(3)18-23(4)20-25/h9-11,13-14,18-20,26H,6-8,12,15-17,21H2,1-5H3,(H,29,33). The Morgan fingerprint density at radius 1 is 0.972 bits per heavy atom. The number of sulfonamides is 1. The molecule has 2 amide bonds. The monoisotopic (exact) mass is 515 g/mol. The van der Waals surface area contributed by atoms with Gasteiger partial charge >= 0.3 is 0 Å². The van der Waals surface area contributed by atoms with E-state index in [1.54, 1.807) is 4.90 Å². The number of carbonyl (C=O) groups excluding carboxylic acids is 2. The minimum Gasteiger partial charge on any atom is -0.354 e. The number of nitrogens with one attached hydrogen (secondary N) is 1. The van der Waals surface area contributed by atoms with Crippen LogP contribution in [0.3, 0.4) is 0 Å². The van der Waals surface area contributed by atoms with Crippen molar-refractivity contribution in [3.63, 3.8) is 0 Å². The highest BCUT2D eigenvalue weighted by Crippen LogP contribution is 2.22. The molecule has 0 bridgehead atoms. The Morgan fingerprint density at radius 3 is 2.17 bits per heavy atom. The molecule has 0 aliphatic carbocycles. The summed E-state index contributed by atoms with van der Waals surface area (Å²) in [5.41, 5.74) is 3.50. The van der Waals surface area contributed by atoms with Crippen molar-refractivity contribution in [3.05, 3.63) is 65.2 Å². The third-order valence-corrected chi connectivity index (χ3v) is 7.25. The predicted molar refractivity (Wildman–Crippen MR) is 146 cm³/mol. The van der Waals surface area contributed by atoms with E-state index < -0.39 is 16.1 Å². The largest absolute Gasteiger partial charge is 0.354 e. The van der Waals surface area contributed by atoms with Gasteiger partial charge in [0.15, 0.2) is 0 Å². The molecule has 0 radical (unpaired) electrons. The van der Waals surface area contributed by atoms with Crippen LogP contribution in [-0.4, -0.2) is 50.5 Å². The molecule has 1 N–H and O–H groups in total. The lowest BCUT2D eigenvalue weighted by Crippen LogP contribution is -2.49. The summed E-state index contributed by atoms with van der Waals surface area (Å²) < 4.78 is 26.5. The number of aryl methyl sites for hydroxylation is 2. The molecule has 0 fully saturated rings. The molecule has 0 aromatic heterocycles. The van der Waals surface area contributed by atoms with E-state index in [0.717, 1.165) is 29.5 Å². The van der Waals surface area contributed by atoms with Crippen molar-refractivity contribution in [2.75, 3.05) is 23.7 Å². The van der Waals surface area contributed by atoms with E-state index in [1.165, 1.54) is 10.6 Å². The van der Waals surface area contributed by atoms with E-state index >= 15 is 0 Å². The number of carbonyl (C=O) groups is 2. The molecular weight excluding hydrogens is 474 g/mol. The Balaban J connectivity index is 2.19. The van der Waals surface area contributed by atoms with Crippen LogP contribution < -0.4 is 9.62 Å². The Kier molecular flexibility index (Phi) is 11.4. The first-order valence-electron chi connectivity index (χ1n) is 12.7. The number of hydrogen-bond acceptors (Lipinski definition) is 4. The van der Waals surface area contributed by atoms with E-state index in [2.05, 4.69) is 12.2 Å². The van der Waals surface area contributed by atoms with Gasteiger partial charge in [0.25, 0.3) is 0 Å². The third-order valence-electron chi connectivity index (χ3n) is 6.06. The average Bonchev–Trinajstić information content (AvgIpc) is 2.81. The summed E-state index contributed by atoms with van der Waals surface area (Å²) in [7, 11) is -3.52. The molecule has 2 aromatic carbocycles. The molecule has 0 heterocycles. The van der Waals surface area contributed by atoms with Gasteiger partial charge in [-0.2, -0.15) is 0 Å². The summed E-state index contributed by atoms with van der Waals surface area (Å²) in [6.45, 7) is 8.92.